The van der Waals surface area contributed by atoms with E-state index in [1.165, 1.54) is 32.5 Å². The van der Waals surface area contributed by atoms with E-state index < -0.39 is 66.2 Å². The average molecular weight is 2230 g/mol. The van der Waals surface area contributed by atoms with E-state index in [0.29, 0.717) is 88.8 Å². The van der Waals surface area contributed by atoms with Gasteiger partial charge < -0.3 is 77.9 Å². The smallest absolute Gasteiger partial charge is 0.480 e. The van der Waals surface area contributed by atoms with Crippen LogP contribution in [0.25, 0.3) is 0 Å². The maximum absolute atomic E-state index is 14.1. The second-order valence-electron chi connectivity index (χ2n) is 33.7. The first-order valence-electron chi connectivity index (χ1n) is 42.0. The number of carboxylic acid groups (broad SMARTS) is 1. The Hall–Kier alpha value is -6.10. The zero-order valence-electron chi connectivity index (χ0n) is 77.2. The summed E-state index contributed by atoms with van der Waals surface area (Å²) in [6.07, 6.45) is 7.78. The molecule has 8 amide bonds. The summed E-state index contributed by atoms with van der Waals surface area (Å²) in [5.74, 6) is -0.667. The van der Waals surface area contributed by atoms with Crippen LogP contribution < -0.4 is 78.0 Å². The van der Waals surface area contributed by atoms with Gasteiger partial charge in [-0.25, -0.2) is 43.7 Å². The number of aliphatic hydroxyl groups is 1. The summed E-state index contributed by atoms with van der Waals surface area (Å²) in [5, 5.41) is 42.5. The zero-order valence-corrected chi connectivity index (χ0v) is 91.0. The fraction of sp³-hybridized carbons (Fsp3) is 0.484. The monoisotopic (exact) mass is 2230 g/mol. The van der Waals surface area contributed by atoms with Gasteiger partial charge in [0.05, 0.1) is 104 Å². The van der Waals surface area contributed by atoms with Gasteiger partial charge in [0.25, 0.3) is 0 Å². The van der Waals surface area contributed by atoms with Crippen LogP contribution in [-0.2, 0) is 91.9 Å². The number of aliphatic carboxylic acids is 1. The molecule has 0 spiro atoms. The van der Waals surface area contributed by atoms with Crippen LogP contribution in [0, 0.1) is 19.3 Å². The number of Topliss-reactive ketones (excluding diaryl/α,β-unsaturated/α-hetero) is 2. The third kappa shape index (κ3) is 47.1. The minimum atomic E-state index is -1.13. The molecular formula is C93H129I3KN13O14S5. The Morgan fingerprint density at radius 3 is 1.03 bits per heavy atom. The minimum Gasteiger partial charge on any atom is -0.480 e. The van der Waals surface area contributed by atoms with Crippen LogP contribution >= 0.6 is 118 Å². The molecule has 9 aromatic rings. The van der Waals surface area contributed by atoms with E-state index in [9.17, 15) is 48.6 Å². The van der Waals surface area contributed by atoms with E-state index in [-0.39, 0.29) is 164 Å². The van der Waals surface area contributed by atoms with Crippen molar-refractivity contribution in [2.24, 2.45) is 11.8 Å². The molecule has 7 N–H and O–H groups in total. The maximum atomic E-state index is 14.1. The Bertz CT molecular complexity index is 4670. The molecule has 0 bridgehead atoms. The van der Waals surface area contributed by atoms with E-state index in [1.54, 1.807) is 83.5 Å². The topological polar surface area (TPSA) is 348 Å². The number of alkyl carbamates (subject to hydrolysis) is 2. The Balaban J connectivity index is 0.000000518. The molecule has 27 nitrogen and oxygen atoms in total. The number of aliphatic hydroxyl groups excluding tert-OH is 1. The number of thiazole rings is 5. The second kappa shape index (κ2) is 62.5. The Morgan fingerprint density at radius 2 is 0.744 bits per heavy atom. The van der Waals surface area contributed by atoms with Crippen molar-refractivity contribution in [2.45, 2.75) is 239 Å². The first kappa shape index (κ1) is 117. The molecule has 5 heterocycles. The van der Waals surface area contributed by atoms with E-state index >= 15 is 0 Å². The quantitative estimate of drug-likeness (QED) is 0.0106. The second-order valence-corrected chi connectivity index (χ2v) is 38.3. The third-order valence-corrected chi connectivity index (χ3v) is 24.5. The molecule has 0 saturated heterocycles. The first-order chi connectivity index (χ1) is 60.0. The molecule has 0 aliphatic carbocycles. The van der Waals surface area contributed by atoms with Crippen LogP contribution in [0.4, 0.5) is 24.0 Å². The third-order valence-electron chi connectivity index (χ3n) is 19.5. The van der Waals surface area contributed by atoms with Gasteiger partial charge in [-0.3, -0.25) is 19.6 Å². The summed E-state index contributed by atoms with van der Waals surface area (Å²) in [4.78, 5) is 131. The van der Waals surface area contributed by atoms with Crippen LogP contribution in [0.5, 0.6) is 0 Å². The number of halogens is 3. The number of hydrogen-bond acceptors (Lipinski definition) is 23. The van der Waals surface area contributed by atoms with Gasteiger partial charge >= 0.3 is 87.6 Å². The van der Waals surface area contributed by atoms with E-state index in [0.717, 1.165) is 64.1 Å². The van der Waals surface area contributed by atoms with Gasteiger partial charge in [-0.05, 0) is 127 Å². The van der Waals surface area contributed by atoms with Gasteiger partial charge in [-0.15, -0.1) is 80.7 Å². The number of hydrogen-bond donors (Lipinski definition) is 7. The number of ketones is 2. The fourth-order valence-electron chi connectivity index (χ4n) is 12.7. The Labute approximate surface area is 865 Å². The van der Waals surface area contributed by atoms with Gasteiger partial charge in [0.15, 0.2) is 17.6 Å². The number of rotatable bonds is 44. The van der Waals surface area contributed by atoms with Gasteiger partial charge in [-0.2, -0.15) is 0 Å². The number of carbonyl (C=O) groups excluding carboxylic acids is 7. The van der Waals surface area contributed by atoms with E-state index in [4.69, 9.17) is 18.9 Å². The van der Waals surface area contributed by atoms with Crippen molar-refractivity contribution in [2.75, 3.05) is 41.0 Å². The summed E-state index contributed by atoms with van der Waals surface area (Å²) < 4.78 is 22.5. The molecule has 0 fully saturated rings. The van der Waals surface area contributed by atoms with Crippen molar-refractivity contribution in [3.05, 3.63) is 232 Å². The summed E-state index contributed by atoms with van der Waals surface area (Å²) in [7, 11) is 4.95. The van der Waals surface area contributed by atoms with Gasteiger partial charge in [-0.1, -0.05) is 163 Å². The summed E-state index contributed by atoms with van der Waals surface area (Å²) in [6, 6.07) is 35.2. The number of amides is 8. The summed E-state index contributed by atoms with van der Waals surface area (Å²) in [6.45, 7) is 24.4. The van der Waals surface area contributed by atoms with Gasteiger partial charge in [0.1, 0.15) is 25.3 Å². The molecule has 0 unspecified atom stereocenters. The number of nitrogens with zero attached hydrogens (tertiary/aromatic N) is 8. The standard InChI is InChI=1S/C40H53N5O5S2.C36H45N5O5S2.C16H27N3O4S.CH3.I2.HI.K/c1-28(2)37-42-33(26-51-37)23-45(6)38(47)44-35(25-50-40(3,4)5)36(46)21-31(19-29-13-9-7-10-14-29)17-18-32(20-30-15-11-8-12-16-30)43-39(48)49-24-34-22-41-27-52-34;1-25(2)34-38-30(23-47-34)20-41(3)35(44)40-32(21-42)33(43)18-28(16-26-10-6-4-7-11-26)14-15-29(17-27-12-8-5-9-13-27)39-36(45)46-22-31-19-37-24-48-31;1-10(2)13-17-11(9-24-13)7-19(6)15(22)18-12(14(20)21)8-23-16(3,4)5;;1-2;;/h7-16,22,26-28,31-32,35H,17-21,23-25H2,1-6H3,(H,43,48)(H,44,47);4-13,19,23-25,28-29,32,42H,14-18,20-22H2,1-3H3,(H,39,45)(H,40,44);9-10,12H,7-8H2,1-6H3,(H,18,22)(H,20,21);1H3;;1H;/q;;;-1;;;+1/t31-,32-,35+;28-,29-,32+;12-;;;;/m110..../s1. The largest absolute Gasteiger partial charge is 1.00 e. The van der Waals surface area contributed by atoms with Crippen LogP contribution in [0.1, 0.15) is 203 Å². The number of benzene rings is 4. The van der Waals surface area contributed by atoms with Crippen LogP contribution in [0.2, 0.25) is 0 Å². The molecule has 0 saturated carbocycles. The summed E-state index contributed by atoms with van der Waals surface area (Å²) in [5.41, 5.74) is 9.18. The predicted molar refractivity (Wildman–Crippen MR) is 540 cm³/mol. The molecule has 4 aromatic carbocycles. The SMILES string of the molecule is CC(C)c1nc(CN(C)C(=O)N[C@@H](CO)C(=O)C[C@H](CC[C@H](Cc2ccccc2)NC(=O)OCc2cncs2)Cc2ccccc2)cs1.CC(C)c1nc(CN(C)C(=O)N[C@@H](COC(C)(C)C)C(=O)C[C@H](CC[C@H](Cc2ccccc2)NC(=O)OCc2cncs2)Cc2ccccc2)cs1.CC(C)c1nc(CN(C)C(=O)N[C@@H](COC(C)(C)C)C(=O)O)cs1.I.II.[CH3-].[K+]. The number of carbonyl (C=O) groups is 8. The Morgan fingerprint density at radius 1 is 0.442 bits per heavy atom. The number of carboxylic acids is 1. The molecule has 36 heteroatoms. The van der Waals surface area contributed by atoms with Crippen LogP contribution in [0.15, 0.2) is 161 Å². The van der Waals surface area contributed by atoms with E-state index in [1.807, 2.05) is 167 Å². The molecule has 0 radical (unpaired) electrons. The molecule has 0 aliphatic rings. The average Bonchev–Trinajstić information content (AvgIpc) is 1.85. The molecule has 0 aliphatic heterocycles. The minimum absolute atomic E-state index is 0. The van der Waals surface area contributed by atoms with Crippen molar-refractivity contribution in [3.8, 4) is 0 Å². The number of nitrogens with one attached hydrogen (secondary N) is 5. The van der Waals surface area contributed by atoms with E-state index in [2.05, 4.69) is 142 Å². The molecule has 129 heavy (non-hydrogen) atoms. The van der Waals surface area contributed by atoms with Crippen molar-refractivity contribution in [3.63, 3.8) is 0 Å². The normalized spacial score (nSPS) is 12.7. The van der Waals surface area contributed by atoms with Crippen molar-refractivity contribution < 1.29 is 119 Å². The van der Waals surface area contributed by atoms with Crippen molar-refractivity contribution in [1.82, 2.24) is 66.2 Å². The van der Waals surface area contributed by atoms with Crippen LogP contribution in [-0.4, -0.2) is 180 Å². The zero-order chi connectivity index (χ0) is 92.3. The van der Waals surface area contributed by atoms with Crippen molar-refractivity contribution in [1.29, 1.82) is 0 Å². The van der Waals surface area contributed by atoms with Crippen molar-refractivity contribution >= 4 is 166 Å². The molecular weight excluding hydrogens is 2100 g/mol. The molecule has 5 aromatic heterocycles. The predicted octanol–water partition coefficient (Wildman–Crippen LogP) is 17.1. The number of ether oxygens (including phenoxy) is 4. The fourth-order valence-corrected chi connectivity index (χ4v) is 16.2. The maximum Gasteiger partial charge on any atom is 1.00 e. The number of urea groups is 3. The molecule has 702 valence electrons. The van der Waals surface area contributed by atoms with Gasteiger partial charge in [0, 0.05) is 130 Å². The molecule has 7 atom stereocenters. The summed E-state index contributed by atoms with van der Waals surface area (Å²) >= 11 is 11.8. The number of aromatic nitrogens is 5. The van der Waals surface area contributed by atoms with Gasteiger partial charge in [0.2, 0.25) is 0 Å². The Kier molecular flexibility index (Phi) is 56.7. The first-order valence-corrected chi connectivity index (χ1v) is 52.7. The van der Waals surface area contributed by atoms with Crippen LogP contribution in [0.3, 0.4) is 0 Å². The molecule has 9 rings (SSSR count).